The molecule has 0 aromatic carbocycles. The van der Waals surface area contributed by atoms with E-state index in [-0.39, 0.29) is 0 Å². The van der Waals surface area contributed by atoms with Crippen LogP contribution in [0.2, 0.25) is 0 Å². The van der Waals surface area contributed by atoms with Crippen LogP contribution in [-0.4, -0.2) is 5.78 Å². The van der Waals surface area contributed by atoms with Gasteiger partial charge in [0.1, 0.15) is 5.78 Å². The second-order valence-corrected chi connectivity index (χ2v) is 11.7. The molecule has 0 aliphatic heterocycles. The first kappa shape index (κ1) is 20.0. The van der Waals surface area contributed by atoms with Gasteiger partial charge in [-0.05, 0) is 98.2 Å². The first-order chi connectivity index (χ1) is 12.8. The van der Waals surface area contributed by atoms with Gasteiger partial charge in [0.05, 0.1) is 0 Å². The van der Waals surface area contributed by atoms with Crippen LogP contribution >= 0.6 is 0 Å². The van der Waals surface area contributed by atoms with Gasteiger partial charge in [-0.1, -0.05) is 53.4 Å². The Labute approximate surface area is 168 Å². The summed E-state index contributed by atoms with van der Waals surface area (Å²) in [4.78, 5) is 12.7. The Bertz CT molecular complexity index is 567. The van der Waals surface area contributed by atoms with E-state index < -0.39 is 0 Å². The van der Waals surface area contributed by atoms with Crippen molar-refractivity contribution in [1.82, 2.24) is 0 Å². The summed E-state index contributed by atoms with van der Waals surface area (Å²) < 4.78 is 0. The zero-order valence-corrected chi connectivity index (χ0v) is 18.7. The molecule has 0 aromatic rings. The topological polar surface area (TPSA) is 17.1 Å². The van der Waals surface area contributed by atoms with Crippen LogP contribution in [0.1, 0.15) is 105 Å². The Hall–Kier alpha value is -0.330. The van der Waals surface area contributed by atoms with Gasteiger partial charge in [0, 0.05) is 5.92 Å². The van der Waals surface area contributed by atoms with Gasteiger partial charge < -0.3 is 0 Å². The van der Waals surface area contributed by atoms with Crippen LogP contribution in [-0.2, 0) is 4.79 Å². The molecule has 0 bridgehead atoms. The van der Waals surface area contributed by atoms with Gasteiger partial charge >= 0.3 is 0 Å². The molecule has 27 heavy (non-hydrogen) atoms. The molecule has 0 heterocycles. The highest BCUT2D eigenvalue weighted by Gasteiger charge is 2.62. The molecule has 0 spiro atoms. The van der Waals surface area contributed by atoms with E-state index in [4.69, 9.17) is 0 Å². The quantitative estimate of drug-likeness (QED) is 0.506. The monoisotopic (exact) mass is 372 g/mol. The largest absolute Gasteiger partial charge is 0.300 e. The van der Waals surface area contributed by atoms with E-state index in [2.05, 4.69) is 27.7 Å². The molecule has 0 radical (unpaired) electrons. The molecule has 1 nitrogen and oxygen atoms in total. The maximum atomic E-state index is 12.7. The van der Waals surface area contributed by atoms with Crippen LogP contribution in [0.3, 0.4) is 0 Å². The zero-order valence-electron chi connectivity index (χ0n) is 18.7. The maximum Gasteiger partial charge on any atom is 0.133 e. The first-order valence-electron chi connectivity index (χ1n) is 12.3. The van der Waals surface area contributed by atoms with Crippen molar-refractivity contribution in [3.05, 3.63) is 0 Å². The normalized spacial score (nSPS) is 50.4. The fourth-order valence-corrected chi connectivity index (χ4v) is 9.48. The number of ketones is 1. The molecular weight excluding hydrogens is 328 g/mol. The third-order valence-electron chi connectivity index (χ3n) is 10.6. The van der Waals surface area contributed by atoms with E-state index in [1.54, 1.807) is 0 Å². The molecule has 0 N–H and O–H groups in total. The molecular formula is C26H44O. The van der Waals surface area contributed by atoms with Gasteiger partial charge in [0.2, 0.25) is 0 Å². The number of Topliss-reactive ketones (excluding diaryl/α,β-unsaturated/α-hetero) is 1. The maximum absolute atomic E-state index is 12.7. The molecule has 0 saturated heterocycles. The zero-order chi connectivity index (χ0) is 19.4. The Kier molecular flexibility index (Phi) is 5.30. The number of carbonyl (C=O) groups excluding carboxylic acids is 1. The number of rotatable bonds is 4. The molecule has 154 valence electrons. The highest BCUT2D eigenvalue weighted by molar-refractivity contribution is 5.79. The Morgan fingerprint density at radius 2 is 1.78 bits per heavy atom. The number of carbonyl (C=O) groups is 1. The molecule has 0 aromatic heterocycles. The van der Waals surface area contributed by atoms with Crippen molar-refractivity contribution in [2.24, 2.45) is 52.3 Å². The van der Waals surface area contributed by atoms with Crippen LogP contribution in [0.25, 0.3) is 0 Å². The molecule has 4 fully saturated rings. The predicted octanol–water partition coefficient (Wildman–Crippen LogP) is 7.29. The summed E-state index contributed by atoms with van der Waals surface area (Å²) in [5.41, 5.74) is 1.03. The second kappa shape index (κ2) is 7.17. The smallest absolute Gasteiger partial charge is 0.133 e. The SMILES string of the molecule is CCC[C@@H](C)[C@H]1C(C(C)=O)C[C@H]2[C@@H]3CCC4CCCC[C@]4(C)[C@H]3CC[C@]12C. The van der Waals surface area contributed by atoms with E-state index >= 15 is 0 Å². The minimum absolute atomic E-state index is 0.345. The molecule has 4 saturated carbocycles. The van der Waals surface area contributed by atoms with Gasteiger partial charge in [0.15, 0.2) is 0 Å². The average Bonchev–Trinajstić information content (AvgIpc) is 2.95. The van der Waals surface area contributed by atoms with Crippen molar-refractivity contribution in [3.8, 4) is 0 Å². The third kappa shape index (κ3) is 2.96. The van der Waals surface area contributed by atoms with E-state index in [9.17, 15) is 4.79 Å². The molecule has 4 aliphatic rings. The minimum atomic E-state index is 0.345. The predicted molar refractivity (Wildman–Crippen MR) is 113 cm³/mol. The Morgan fingerprint density at radius 1 is 1.00 bits per heavy atom. The van der Waals surface area contributed by atoms with Gasteiger partial charge in [-0.3, -0.25) is 4.79 Å². The van der Waals surface area contributed by atoms with Crippen LogP contribution in [0.5, 0.6) is 0 Å². The summed E-state index contributed by atoms with van der Waals surface area (Å²) in [6, 6.07) is 0. The molecule has 2 unspecified atom stereocenters. The van der Waals surface area contributed by atoms with E-state index in [0.717, 1.165) is 23.7 Å². The fourth-order valence-electron chi connectivity index (χ4n) is 9.48. The number of hydrogen-bond acceptors (Lipinski definition) is 1. The van der Waals surface area contributed by atoms with Gasteiger partial charge in [-0.25, -0.2) is 0 Å². The van der Waals surface area contributed by atoms with Crippen molar-refractivity contribution >= 4 is 5.78 Å². The molecule has 9 atom stereocenters. The standard InChI is InChI=1S/C26H44O/c1-6-9-17(2)24-21(18(3)27)16-23-20-12-11-19-10-7-8-14-25(19,4)22(20)13-15-26(23,24)5/h17,19-24H,6-16H2,1-5H3/t17-,19?,20-,21?,22+,23+,24+,25+,26+/m1/s1. The Balaban J connectivity index is 1.65. The van der Waals surface area contributed by atoms with Crippen molar-refractivity contribution < 1.29 is 4.79 Å². The van der Waals surface area contributed by atoms with E-state index in [0.29, 0.717) is 34.4 Å². The molecule has 4 aliphatic carbocycles. The second-order valence-electron chi connectivity index (χ2n) is 11.7. The molecule has 4 rings (SSSR count). The summed E-state index contributed by atoms with van der Waals surface area (Å²) in [6.45, 7) is 12.0. The average molecular weight is 373 g/mol. The van der Waals surface area contributed by atoms with Gasteiger partial charge in [0.25, 0.3) is 0 Å². The molecule has 1 heteroatoms. The van der Waals surface area contributed by atoms with Crippen molar-refractivity contribution in [2.45, 2.75) is 105 Å². The van der Waals surface area contributed by atoms with E-state index in [1.807, 2.05) is 6.92 Å². The molecule has 0 amide bonds. The fraction of sp³-hybridized carbons (Fsp3) is 0.962. The van der Waals surface area contributed by atoms with Crippen molar-refractivity contribution in [1.29, 1.82) is 0 Å². The lowest BCUT2D eigenvalue weighted by molar-refractivity contribution is -0.125. The summed E-state index contributed by atoms with van der Waals surface area (Å²) in [6.07, 6.45) is 15.5. The van der Waals surface area contributed by atoms with Crippen LogP contribution in [0.4, 0.5) is 0 Å². The summed E-state index contributed by atoms with van der Waals surface area (Å²) >= 11 is 0. The lowest BCUT2D eigenvalue weighted by Crippen LogP contribution is -2.53. The minimum Gasteiger partial charge on any atom is -0.300 e. The van der Waals surface area contributed by atoms with Crippen molar-refractivity contribution in [3.63, 3.8) is 0 Å². The van der Waals surface area contributed by atoms with Crippen molar-refractivity contribution in [2.75, 3.05) is 0 Å². The van der Waals surface area contributed by atoms with Crippen LogP contribution in [0.15, 0.2) is 0 Å². The summed E-state index contributed by atoms with van der Waals surface area (Å²) in [7, 11) is 0. The van der Waals surface area contributed by atoms with E-state index in [1.165, 1.54) is 70.6 Å². The summed E-state index contributed by atoms with van der Waals surface area (Å²) in [5, 5.41) is 0. The number of hydrogen-bond donors (Lipinski definition) is 0. The first-order valence-corrected chi connectivity index (χ1v) is 12.3. The third-order valence-corrected chi connectivity index (χ3v) is 10.6. The van der Waals surface area contributed by atoms with Crippen LogP contribution < -0.4 is 0 Å². The van der Waals surface area contributed by atoms with Gasteiger partial charge in [-0.2, -0.15) is 0 Å². The number of fused-ring (bicyclic) bond motifs is 5. The lowest BCUT2D eigenvalue weighted by Gasteiger charge is -2.61. The summed E-state index contributed by atoms with van der Waals surface area (Å²) in [5.74, 6) is 5.84. The van der Waals surface area contributed by atoms with Gasteiger partial charge in [-0.15, -0.1) is 0 Å². The highest BCUT2D eigenvalue weighted by Crippen LogP contribution is 2.69. The van der Waals surface area contributed by atoms with Crippen LogP contribution in [0, 0.1) is 52.3 Å². The Morgan fingerprint density at radius 3 is 2.48 bits per heavy atom. The lowest BCUT2D eigenvalue weighted by atomic mass is 9.44. The highest BCUT2D eigenvalue weighted by atomic mass is 16.1.